The number of hydrogen-bond acceptors (Lipinski definition) is 3. The van der Waals surface area contributed by atoms with Gasteiger partial charge in [0, 0.05) is 36.7 Å². The van der Waals surface area contributed by atoms with Gasteiger partial charge in [0.05, 0.1) is 0 Å². The van der Waals surface area contributed by atoms with Crippen LogP contribution in [0.15, 0.2) is 18.2 Å². The molecule has 2 atom stereocenters. The van der Waals surface area contributed by atoms with Crippen LogP contribution in [-0.4, -0.2) is 56.6 Å². The molecule has 4 heteroatoms. The topological polar surface area (TPSA) is 18.5 Å². The number of hydrogen-bond donors (Lipinski definition) is 1. The molecular weight excluding hydrogens is 270 g/mol. The van der Waals surface area contributed by atoms with Crippen LogP contribution in [0.5, 0.6) is 0 Å². The van der Waals surface area contributed by atoms with E-state index in [1.165, 1.54) is 5.56 Å². The fourth-order valence-electron chi connectivity index (χ4n) is 2.87. The highest BCUT2D eigenvalue weighted by molar-refractivity contribution is 6.31. The molecule has 1 saturated heterocycles. The third-order valence-electron chi connectivity index (χ3n) is 4.43. The largest absolute Gasteiger partial charge is 0.313 e. The van der Waals surface area contributed by atoms with Crippen LogP contribution in [0.3, 0.4) is 0 Å². The minimum absolute atomic E-state index is 0.354. The van der Waals surface area contributed by atoms with Gasteiger partial charge in [-0.3, -0.25) is 0 Å². The van der Waals surface area contributed by atoms with E-state index in [0.29, 0.717) is 12.1 Å². The summed E-state index contributed by atoms with van der Waals surface area (Å²) in [7, 11) is 6.47. The summed E-state index contributed by atoms with van der Waals surface area (Å²) in [5, 5.41) is 4.30. The molecule has 2 unspecified atom stereocenters. The van der Waals surface area contributed by atoms with Gasteiger partial charge in [-0.25, -0.2) is 0 Å². The summed E-state index contributed by atoms with van der Waals surface area (Å²) in [6.45, 7) is 5.48. The van der Waals surface area contributed by atoms with Crippen molar-refractivity contribution in [1.29, 1.82) is 0 Å². The molecule has 20 heavy (non-hydrogen) atoms. The summed E-state index contributed by atoms with van der Waals surface area (Å²) in [5.74, 6) is 0. The average Bonchev–Trinajstić information content (AvgIpc) is 2.43. The lowest BCUT2D eigenvalue weighted by atomic mass is 9.96. The van der Waals surface area contributed by atoms with Gasteiger partial charge in [0.25, 0.3) is 0 Å². The van der Waals surface area contributed by atoms with Crippen LogP contribution in [0.25, 0.3) is 0 Å². The predicted molar refractivity (Wildman–Crippen MR) is 86.5 cm³/mol. The molecule has 1 aromatic rings. The Morgan fingerprint density at radius 3 is 2.75 bits per heavy atom. The number of benzene rings is 1. The van der Waals surface area contributed by atoms with Gasteiger partial charge in [0.15, 0.2) is 0 Å². The predicted octanol–water partition coefficient (Wildman–Crippen LogP) is 2.54. The van der Waals surface area contributed by atoms with Gasteiger partial charge in [0.1, 0.15) is 0 Å². The number of rotatable bonds is 4. The fraction of sp³-hybridized carbons (Fsp3) is 0.625. The molecule has 1 aliphatic rings. The highest BCUT2D eigenvalue weighted by Gasteiger charge is 2.25. The van der Waals surface area contributed by atoms with Crippen molar-refractivity contribution in [3.8, 4) is 0 Å². The number of nitrogens with zero attached hydrogens (tertiary/aromatic N) is 2. The Labute approximate surface area is 127 Å². The van der Waals surface area contributed by atoms with E-state index in [4.69, 9.17) is 11.6 Å². The van der Waals surface area contributed by atoms with E-state index in [-0.39, 0.29) is 0 Å². The lowest BCUT2D eigenvalue weighted by Gasteiger charge is -2.39. The SMILES string of the molecule is CNC(CC1CN(C)CCN1C)c1ccc(C)c(Cl)c1. The molecule has 112 valence electrons. The number of piperazine rings is 1. The fourth-order valence-corrected chi connectivity index (χ4v) is 3.06. The third-order valence-corrected chi connectivity index (χ3v) is 4.84. The molecule has 1 N–H and O–H groups in total. The summed E-state index contributed by atoms with van der Waals surface area (Å²) >= 11 is 6.26. The highest BCUT2D eigenvalue weighted by Crippen LogP contribution is 2.26. The Hall–Kier alpha value is -0.610. The highest BCUT2D eigenvalue weighted by atomic mass is 35.5. The van der Waals surface area contributed by atoms with Crippen LogP contribution in [0.2, 0.25) is 5.02 Å². The van der Waals surface area contributed by atoms with E-state index in [2.05, 4.69) is 47.4 Å². The van der Waals surface area contributed by atoms with Gasteiger partial charge in [0.2, 0.25) is 0 Å². The monoisotopic (exact) mass is 295 g/mol. The van der Waals surface area contributed by atoms with Crippen molar-refractivity contribution >= 4 is 11.6 Å². The molecular formula is C16H26ClN3. The van der Waals surface area contributed by atoms with Crippen molar-refractivity contribution in [3.05, 3.63) is 34.3 Å². The maximum absolute atomic E-state index is 6.26. The quantitative estimate of drug-likeness (QED) is 0.921. The van der Waals surface area contributed by atoms with E-state index >= 15 is 0 Å². The van der Waals surface area contributed by atoms with E-state index in [0.717, 1.165) is 36.6 Å². The van der Waals surface area contributed by atoms with Crippen LogP contribution < -0.4 is 5.32 Å². The molecule has 0 amide bonds. The van der Waals surface area contributed by atoms with Crippen LogP contribution in [0.4, 0.5) is 0 Å². The Bertz CT molecular complexity index is 449. The van der Waals surface area contributed by atoms with Crippen molar-refractivity contribution < 1.29 is 0 Å². The molecule has 1 heterocycles. The Morgan fingerprint density at radius 2 is 2.10 bits per heavy atom. The molecule has 1 aliphatic heterocycles. The number of halogens is 1. The lowest BCUT2D eigenvalue weighted by molar-refractivity contribution is 0.102. The maximum atomic E-state index is 6.26. The van der Waals surface area contributed by atoms with Crippen LogP contribution in [-0.2, 0) is 0 Å². The van der Waals surface area contributed by atoms with Crippen molar-refractivity contribution in [3.63, 3.8) is 0 Å². The summed E-state index contributed by atoms with van der Waals surface area (Å²) in [5.41, 5.74) is 2.42. The number of aryl methyl sites for hydroxylation is 1. The first-order valence-electron chi connectivity index (χ1n) is 7.33. The average molecular weight is 296 g/mol. The summed E-state index contributed by atoms with van der Waals surface area (Å²) < 4.78 is 0. The second kappa shape index (κ2) is 6.90. The van der Waals surface area contributed by atoms with Gasteiger partial charge < -0.3 is 15.1 Å². The lowest BCUT2D eigenvalue weighted by Crippen LogP contribution is -2.50. The zero-order chi connectivity index (χ0) is 14.7. The maximum Gasteiger partial charge on any atom is 0.0438 e. The third kappa shape index (κ3) is 3.73. The standard InChI is InChI=1S/C16H26ClN3/c1-12-5-6-13(9-15(12)17)16(18-2)10-14-11-19(3)7-8-20(14)4/h5-6,9,14,16,18H,7-8,10-11H2,1-4H3. The summed E-state index contributed by atoms with van der Waals surface area (Å²) in [4.78, 5) is 4.89. The minimum atomic E-state index is 0.354. The first kappa shape index (κ1) is 15.8. The normalized spacial score (nSPS) is 22.9. The van der Waals surface area contributed by atoms with E-state index in [9.17, 15) is 0 Å². The van der Waals surface area contributed by atoms with Gasteiger partial charge >= 0.3 is 0 Å². The summed E-state index contributed by atoms with van der Waals surface area (Å²) in [6.07, 6.45) is 1.11. The van der Waals surface area contributed by atoms with Gasteiger partial charge in [-0.15, -0.1) is 0 Å². The zero-order valence-electron chi connectivity index (χ0n) is 13.0. The molecule has 0 spiro atoms. The van der Waals surface area contributed by atoms with Gasteiger partial charge in [-0.1, -0.05) is 23.7 Å². The number of likely N-dealkylation sites (N-methyl/N-ethyl adjacent to an activating group) is 2. The van der Waals surface area contributed by atoms with Gasteiger partial charge in [-0.05, 0) is 51.7 Å². The molecule has 2 rings (SSSR count). The van der Waals surface area contributed by atoms with Crippen molar-refractivity contribution in [1.82, 2.24) is 15.1 Å². The Kier molecular flexibility index (Phi) is 5.44. The molecule has 1 fully saturated rings. The van der Waals surface area contributed by atoms with Crippen LogP contribution in [0.1, 0.15) is 23.6 Å². The minimum Gasteiger partial charge on any atom is -0.313 e. The Morgan fingerprint density at radius 1 is 1.35 bits per heavy atom. The molecule has 3 nitrogen and oxygen atoms in total. The number of nitrogens with one attached hydrogen (secondary N) is 1. The molecule has 0 aromatic heterocycles. The second-order valence-electron chi connectivity index (χ2n) is 5.98. The van der Waals surface area contributed by atoms with Crippen LogP contribution in [0, 0.1) is 6.92 Å². The second-order valence-corrected chi connectivity index (χ2v) is 6.39. The molecule has 0 aliphatic carbocycles. The van der Waals surface area contributed by atoms with Crippen molar-refractivity contribution in [2.45, 2.75) is 25.4 Å². The molecule has 0 radical (unpaired) electrons. The molecule has 0 bridgehead atoms. The first-order chi connectivity index (χ1) is 9.51. The molecule has 1 aromatic carbocycles. The van der Waals surface area contributed by atoms with Crippen molar-refractivity contribution in [2.24, 2.45) is 0 Å². The van der Waals surface area contributed by atoms with E-state index in [1.54, 1.807) is 0 Å². The molecule has 0 saturated carbocycles. The van der Waals surface area contributed by atoms with Crippen LogP contribution >= 0.6 is 11.6 Å². The van der Waals surface area contributed by atoms with E-state index < -0.39 is 0 Å². The van der Waals surface area contributed by atoms with Crippen molar-refractivity contribution in [2.75, 3.05) is 40.8 Å². The zero-order valence-corrected chi connectivity index (χ0v) is 13.7. The van der Waals surface area contributed by atoms with Gasteiger partial charge in [-0.2, -0.15) is 0 Å². The van der Waals surface area contributed by atoms with E-state index in [1.807, 2.05) is 14.0 Å². The smallest absolute Gasteiger partial charge is 0.0438 e. The summed E-state index contributed by atoms with van der Waals surface area (Å²) in [6, 6.07) is 7.34. The first-order valence-corrected chi connectivity index (χ1v) is 7.71. The Balaban J connectivity index is 2.09.